The van der Waals surface area contributed by atoms with Crippen molar-refractivity contribution < 1.29 is 32.8 Å². The van der Waals surface area contributed by atoms with Gasteiger partial charge < -0.3 is 23.2 Å². The molecule has 0 aromatic heterocycles. The Hall–Kier alpha value is -2.04. The van der Waals surface area contributed by atoms with Gasteiger partial charge in [0.2, 0.25) is 6.79 Å². The first-order valence-corrected chi connectivity index (χ1v) is 18.0. The van der Waals surface area contributed by atoms with Crippen molar-refractivity contribution >= 4 is 74.5 Å². The van der Waals surface area contributed by atoms with Crippen LogP contribution in [0.4, 0.5) is 4.79 Å². The monoisotopic (exact) mass is 788 g/mol. The number of rotatable bonds is 15. The van der Waals surface area contributed by atoms with Crippen LogP contribution < -0.4 is 0 Å². The standard InChI is InChI=1S/C35H41BrCl4N2O5/c1-41(22-26-10-13-29(36)14-11-26,24-28-7-5-8-31(38)34(28)40)19-20-45-35(44)47-25-46-33(43)9-6-18-42(16-3-2-4-17-42)23-27-12-15-30(37)32(39)21-27/h5,7-8,10-15,21H,2-4,6,9,16-20,22-25H2,1H3/q+2. The molecule has 0 radical (unpaired) electrons. The molecular formula is C35H41BrCl4N2O5+2. The lowest BCUT2D eigenvalue weighted by Gasteiger charge is -2.42. The third-order valence-electron chi connectivity index (χ3n) is 8.59. The maximum atomic E-state index is 12.5. The minimum absolute atomic E-state index is 0.0941. The molecule has 7 nitrogen and oxygen atoms in total. The summed E-state index contributed by atoms with van der Waals surface area (Å²) >= 11 is 28.6. The highest BCUT2D eigenvalue weighted by Gasteiger charge is 2.30. The van der Waals surface area contributed by atoms with Gasteiger partial charge in [-0.3, -0.25) is 4.79 Å². The molecule has 0 N–H and O–H groups in total. The molecule has 47 heavy (non-hydrogen) atoms. The van der Waals surface area contributed by atoms with Crippen LogP contribution in [0.3, 0.4) is 0 Å². The molecule has 1 unspecified atom stereocenters. The van der Waals surface area contributed by atoms with Crippen molar-refractivity contribution in [3.63, 3.8) is 0 Å². The molecular weight excluding hydrogens is 750 g/mol. The molecule has 1 atom stereocenters. The Morgan fingerprint density at radius 3 is 2.28 bits per heavy atom. The number of halogens is 5. The predicted octanol–water partition coefficient (Wildman–Crippen LogP) is 9.84. The van der Waals surface area contributed by atoms with E-state index < -0.39 is 18.9 Å². The van der Waals surface area contributed by atoms with Crippen molar-refractivity contribution in [3.05, 3.63) is 102 Å². The molecule has 0 amide bonds. The van der Waals surface area contributed by atoms with E-state index in [0.29, 0.717) is 50.6 Å². The highest BCUT2D eigenvalue weighted by atomic mass is 79.9. The van der Waals surface area contributed by atoms with E-state index in [1.807, 2.05) is 54.6 Å². The molecule has 1 aliphatic rings. The Morgan fingerprint density at radius 2 is 1.55 bits per heavy atom. The maximum Gasteiger partial charge on any atom is 0.511 e. The first-order chi connectivity index (χ1) is 22.5. The van der Waals surface area contributed by atoms with Crippen molar-refractivity contribution in [3.8, 4) is 0 Å². The highest BCUT2D eigenvalue weighted by molar-refractivity contribution is 9.10. The largest absolute Gasteiger partial charge is 0.511 e. The summed E-state index contributed by atoms with van der Waals surface area (Å²) in [5, 5.41) is 2.10. The summed E-state index contributed by atoms with van der Waals surface area (Å²) in [6.45, 7) is 5.10. The van der Waals surface area contributed by atoms with E-state index in [1.165, 1.54) is 6.42 Å². The minimum Gasteiger partial charge on any atom is -0.428 e. The van der Waals surface area contributed by atoms with Crippen LogP contribution >= 0.6 is 62.3 Å². The highest BCUT2D eigenvalue weighted by Crippen LogP contribution is 2.30. The van der Waals surface area contributed by atoms with Gasteiger partial charge in [-0.2, -0.15) is 0 Å². The molecule has 1 aliphatic heterocycles. The number of hydrogen-bond acceptors (Lipinski definition) is 5. The molecule has 254 valence electrons. The zero-order valence-electron chi connectivity index (χ0n) is 26.5. The van der Waals surface area contributed by atoms with Gasteiger partial charge in [-0.05, 0) is 49.6 Å². The Kier molecular flexibility index (Phi) is 14.5. The molecule has 1 heterocycles. The topological polar surface area (TPSA) is 61.8 Å². The smallest absolute Gasteiger partial charge is 0.428 e. The summed E-state index contributed by atoms with van der Waals surface area (Å²) in [6, 6.07) is 19.4. The number of hydrogen-bond donors (Lipinski definition) is 0. The van der Waals surface area contributed by atoms with Crippen LogP contribution in [0, 0.1) is 0 Å². The van der Waals surface area contributed by atoms with Crippen LogP contribution in [0.25, 0.3) is 0 Å². The fraction of sp³-hybridized carbons (Fsp3) is 0.429. The third kappa shape index (κ3) is 12.1. The van der Waals surface area contributed by atoms with Crippen molar-refractivity contribution in [1.29, 1.82) is 0 Å². The zero-order valence-corrected chi connectivity index (χ0v) is 31.1. The molecule has 1 saturated heterocycles. The van der Waals surface area contributed by atoms with Gasteiger partial charge in [0.25, 0.3) is 0 Å². The van der Waals surface area contributed by atoms with E-state index in [-0.39, 0.29) is 13.0 Å². The number of carbonyl (C=O) groups is 2. The van der Waals surface area contributed by atoms with Crippen LogP contribution in [0.1, 0.15) is 48.8 Å². The van der Waals surface area contributed by atoms with E-state index in [2.05, 4.69) is 23.0 Å². The average Bonchev–Trinajstić information content (AvgIpc) is 3.03. The van der Waals surface area contributed by atoms with Crippen molar-refractivity contribution in [2.24, 2.45) is 0 Å². The summed E-state index contributed by atoms with van der Waals surface area (Å²) in [6.07, 6.45) is 3.52. The van der Waals surface area contributed by atoms with Crippen LogP contribution in [0.2, 0.25) is 20.1 Å². The van der Waals surface area contributed by atoms with Crippen molar-refractivity contribution in [1.82, 2.24) is 0 Å². The number of nitrogens with zero attached hydrogens (tertiary/aromatic N) is 2. The van der Waals surface area contributed by atoms with Crippen molar-refractivity contribution in [2.45, 2.75) is 51.7 Å². The van der Waals surface area contributed by atoms with Crippen LogP contribution in [-0.2, 0) is 38.6 Å². The van der Waals surface area contributed by atoms with E-state index >= 15 is 0 Å². The number of ether oxygens (including phenoxy) is 3. The molecule has 0 saturated carbocycles. The van der Waals surface area contributed by atoms with E-state index in [1.54, 1.807) is 6.07 Å². The second-order valence-electron chi connectivity index (χ2n) is 12.5. The van der Waals surface area contributed by atoms with E-state index in [4.69, 9.17) is 60.6 Å². The molecule has 3 aromatic carbocycles. The summed E-state index contributed by atoms with van der Waals surface area (Å²) < 4.78 is 18.0. The van der Waals surface area contributed by atoms with Gasteiger partial charge >= 0.3 is 12.1 Å². The summed E-state index contributed by atoms with van der Waals surface area (Å²) in [5.41, 5.74) is 3.15. The summed E-state index contributed by atoms with van der Waals surface area (Å²) in [7, 11) is 2.07. The fourth-order valence-corrected chi connectivity index (χ4v) is 7.13. The van der Waals surface area contributed by atoms with Crippen LogP contribution in [-0.4, -0.2) is 67.7 Å². The van der Waals surface area contributed by atoms with Crippen molar-refractivity contribution in [2.75, 3.05) is 46.6 Å². The maximum absolute atomic E-state index is 12.5. The Bertz CT molecular complexity index is 1500. The van der Waals surface area contributed by atoms with Gasteiger partial charge in [-0.1, -0.05) is 92.7 Å². The number of piperidine rings is 1. The average molecular weight is 791 g/mol. The Labute approximate surface area is 305 Å². The molecule has 12 heteroatoms. The first kappa shape index (κ1) is 37.8. The molecule has 0 bridgehead atoms. The number of benzene rings is 3. The minimum atomic E-state index is -0.895. The van der Waals surface area contributed by atoms with Gasteiger partial charge in [-0.15, -0.1) is 0 Å². The molecule has 3 aromatic rings. The second-order valence-corrected chi connectivity index (χ2v) is 15.0. The van der Waals surface area contributed by atoms with Gasteiger partial charge in [0.15, 0.2) is 0 Å². The summed E-state index contributed by atoms with van der Waals surface area (Å²) in [4.78, 5) is 24.8. The van der Waals surface area contributed by atoms with Gasteiger partial charge in [0.1, 0.15) is 32.8 Å². The Morgan fingerprint density at radius 1 is 0.830 bits per heavy atom. The van der Waals surface area contributed by atoms with Gasteiger partial charge in [0.05, 0.1) is 53.2 Å². The Balaban J connectivity index is 1.21. The number of carbonyl (C=O) groups excluding carboxylic acids is 2. The number of esters is 1. The third-order valence-corrected chi connectivity index (χ3v) is 10.7. The number of likely N-dealkylation sites (tertiary alicyclic amines) is 1. The number of likely N-dealkylation sites (N-methyl/N-ethyl adjacent to an activating group) is 1. The normalized spacial score (nSPS) is 15.4. The predicted molar refractivity (Wildman–Crippen MR) is 191 cm³/mol. The van der Waals surface area contributed by atoms with E-state index in [9.17, 15) is 9.59 Å². The second kappa shape index (κ2) is 18.1. The summed E-state index contributed by atoms with van der Waals surface area (Å²) in [5.74, 6) is -0.417. The fourth-order valence-electron chi connectivity index (χ4n) is 6.16. The SMILES string of the molecule is C[N+](CCOC(=O)OCOC(=O)CCC[N+]1(Cc2ccc(Cl)c(Cl)c2)CCCCC1)(Cc1ccc(Br)cc1)Cc1cccc(Cl)c1Cl. The molecule has 4 rings (SSSR count). The molecule has 1 fully saturated rings. The zero-order chi connectivity index (χ0) is 33.9. The van der Waals surface area contributed by atoms with Gasteiger partial charge in [-0.25, -0.2) is 4.79 Å². The molecule has 0 spiro atoms. The first-order valence-electron chi connectivity index (χ1n) is 15.7. The lowest BCUT2D eigenvalue weighted by molar-refractivity contribution is -0.945. The number of quaternary nitrogens is 2. The van der Waals surface area contributed by atoms with Gasteiger partial charge in [0, 0.05) is 27.6 Å². The lowest BCUT2D eigenvalue weighted by Crippen LogP contribution is -2.51. The van der Waals surface area contributed by atoms with Crippen LogP contribution in [0.5, 0.6) is 0 Å². The van der Waals surface area contributed by atoms with Crippen LogP contribution in [0.15, 0.2) is 65.1 Å². The molecule has 0 aliphatic carbocycles. The van der Waals surface area contributed by atoms with E-state index in [0.717, 1.165) is 64.7 Å². The lowest BCUT2D eigenvalue weighted by atomic mass is 10.0. The quantitative estimate of drug-likeness (QED) is 0.0872.